The predicted octanol–water partition coefficient (Wildman–Crippen LogP) is 3.06. The zero-order chi connectivity index (χ0) is 17.2. The summed E-state index contributed by atoms with van der Waals surface area (Å²) in [7, 11) is 0. The van der Waals surface area contributed by atoms with Gasteiger partial charge < -0.3 is 19.8 Å². The molecule has 1 aliphatic rings. The largest absolute Gasteiger partial charge is 0.482 e. The fraction of sp³-hybridized carbons (Fsp3) is 0.250. The molecule has 0 fully saturated rings. The number of aromatic nitrogens is 1. The maximum Gasteiger partial charge on any atom is 0.265 e. The first-order chi connectivity index (χ1) is 12.2. The second kappa shape index (κ2) is 6.51. The third kappa shape index (κ3) is 3.05. The lowest BCUT2D eigenvalue weighted by Gasteiger charge is -2.31. The molecule has 0 saturated heterocycles. The summed E-state index contributed by atoms with van der Waals surface area (Å²) in [6.45, 7) is 2.40. The number of hydrogen-bond acceptors (Lipinski definition) is 3. The van der Waals surface area contributed by atoms with E-state index in [4.69, 9.17) is 9.47 Å². The second-order valence-corrected chi connectivity index (χ2v) is 6.21. The fourth-order valence-electron chi connectivity index (χ4n) is 3.17. The fourth-order valence-corrected chi connectivity index (χ4v) is 3.17. The van der Waals surface area contributed by atoms with Crippen LogP contribution in [0.3, 0.4) is 0 Å². The maximum absolute atomic E-state index is 12.5. The van der Waals surface area contributed by atoms with Crippen LogP contribution in [-0.2, 0) is 11.2 Å². The van der Waals surface area contributed by atoms with E-state index in [2.05, 4.69) is 16.4 Å². The Labute approximate surface area is 146 Å². The van der Waals surface area contributed by atoms with Crippen molar-refractivity contribution >= 4 is 16.8 Å². The first-order valence-corrected chi connectivity index (χ1v) is 8.47. The van der Waals surface area contributed by atoms with E-state index in [-0.39, 0.29) is 12.0 Å². The number of amides is 1. The van der Waals surface area contributed by atoms with Crippen LogP contribution in [0.25, 0.3) is 10.9 Å². The monoisotopic (exact) mass is 336 g/mol. The van der Waals surface area contributed by atoms with Crippen molar-refractivity contribution in [3.8, 4) is 11.5 Å². The highest BCUT2D eigenvalue weighted by atomic mass is 16.6. The average molecular weight is 336 g/mol. The molecule has 0 aliphatic carbocycles. The molecule has 2 atom stereocenters. The molecule has 128 valence electrons. The van der Waals surface area contributed by atoms with E-state index < -0.39 is 6.10 Å². The molecule has 2 heterocycles. The number of carbonyl (C=O) groups excluding carboxylic acids is 1. The molecule has 0 unspecified atom stereocenters. The van der Waals surface area contributed by atoms with Gasteiger partial charge in [-0.3, -0.25) is 4.79 Å². The molecule has 0 radical (unpaired) electrons. The topological polar surface area (TPSA) is 63.4 Å². The standard InChI is InChI=1S/C20H20N2O3/c1-13-19(25-18-9-5-4-8-17(18)24-13)20(23)21-11-10-14-12-22-16-7-3-2-6-15(14)16/h2-9,12-13,19,22H,10-11H2,1H3,(H,21,23)/t13-,19+/m0/s1. The van der Waals surface area contributed by atoms with Gasteiger partial charge in [-0.15, -0.1) is 0 Å². The third-order valence-electron chi connectivity index (χ3n) is 4.47. The number of fused-ring (bicyclic) bond motifs is 2. The van der Waals surface area contributed by atoms with E-state index in [9.17, 15) is 4.79 Å². The van der Waals surface area contributed by atoms with Gasteiger partial charge >= 0.3 is 0 Å². The highest BCUT2D eigenvalue weighted by Crippen LogP contribution is 2.33. The van der Waals surface area contributed by atoms with Crippen LogP contribution < -0.4 is 14.8 Å². The first-order valence-electron chi connectivity index (χ1n) is 8.47. The molecule has 3 aromatic rings. The number of carbonyl (C=O) groups is 1. The summed E-state index contributed by atoms with van der Waals surface area (Å²) >= 11 is 0. The van der Waals surface area contributed by atoms with E-state index in [0.29, 0.717) is 18.0 Å². The third-order valence-corrected chi connectivity index (χ3v) is 4.47. The number of rotatable bonds is 4. The Kier molecular flexibility index (Phi) is 4.06. The molecule has 1 aliphatic heterocycles. The van der Waals surface area contributed by atoms with E-state index in [0.717, 1.165) is 11.9 Å². The van der Waals surface area contributed by atoms with Crippen molar-refractivity contribution in [2.24, 2.45) is 0 Å². The quantitative estimate of drug-likeness (QED) is 0.770. The van der Waals surface area contributed by atoms with Crippen molar-refractivity contribution in [2.45, 2.75) is 25.6 Å². The molecular formula is C20H20N2O3. The molecule has 2 aromatic carbocycles. The zero-order valence-electron chi connectivity index (χ0n) is 14.0. The normalized spacial score (nSPS) is 18.9. The Balaban J connectivity index is 1.38. The molecule has 5 heteroatoms. The SMILES string of the molecule is C[C@@H]1Oc2ccccc2O[C@H]1C(=O)NCCc1c[nH]c2ccccc12. The van der Waals surface area contributed by atoms with Gasteiger partial charge in [-0.2, -0.15) is 0 Å². The van der Waals surface area contributed by atoms with Gasteiger partial charge in [0.1, 0.15) is 6.10 Å². The maximum atomic E-state index is 12.5. The second-order valence-electron chi connectivity index (χ2n) is 6.21. The summed E-state index contributed by atoms with van der Waals surface area (Å²) in [4.78, 5) is 15.7. The van der Waals surface area contributed by atoms with Gasteiger partial charge in [0.2, 0.25) is 6.10 Å². The van der Waals surface area contributed by atoms with E-state index in [1.54, 1.807) is 0 Å². The Morgan fingerprint density at radius 3 is 2.64 bits per heavy atom. The number of aromatic amines is 1. The van der Waals surface area contributed by atoms with Crippen LogP contribution in [0.1, 0.15) is 12.5 Å². The van der Waals surface area contributed by atoms with Gasteiger partial charge in [0.15, 0.2) is 11.5 Å². The van der Waals surface area contributed by atoms with Crippen LogP contribution in [0, 0.1) is 0 Å². The van der Waals surface area contributed by atoms with Crippen molar-refractivity contribution in [3.05, 3.63) is 60.3 Å². The zero-order valence-corrected chi connectivity index (χ0v) is 14.0. The van der Waals surface area contributed by atoms with Crippen molar-refractivity contribution < 1.29 is 14.3 Å². The van der Waals surface area contributed by atoms with Gasteiger partial charge in [0.25, 0.3) is 5.91 Å². The van der Waals surface area contributed by atoms with Crippen molar-refractivity contribution in [3.63, 3.8) is 0 Å². The van der Waals surface area contributed by atoms with Gasteiger partial charge in [-0.05, 0) is 37.1 Å². The molecule has 0 saturated carbocycles. The Hall–Kier alpha value is -2.95. The van der Waals surface area contributed by atoms with E-state index in [1.165, 1.54) is 10.9 Å². The highest BCUT2D eigenvalue weighted by Gasteiger charge is 2.33. The minimum atomic E-state index is -0.641. The van der Waals surface area contributed by atoms with Gasteiger partial charge in [-0.1, -0.05) is 30.3 Å². The van der Waals surface area contributed by atoms with Crippen molar-refractivity contribution in [2.75, 3.05) is 6.54 Å². The summed E-state index contributed by atoms with van der Waals surface area (Å²) in [6, 6.07) is 15.6. The summed E-state index contributed by atoms with van der Waals surface area (Å²) in [5.41, 5.74) is 2.30. The van der Waals surface area contributed by atoms with Crippen LogP contribution in [-0.4, -0.2) is 29.6 Å². The van der Waals surface area contributed by atoms with Gasteiger partial charge in [-0.25, -0.2) is 0 Å². The van der Waals surface area contributed by atoms with Gasteiger partial charge in [0, 0.05) is 23.6 Å². The molecule has 1 amide bonds. The molecule has 25 heavy (non-hydrogen) atoms. The number of ether oxygens (including phenoxy) is 2. The summed E-state index contributed by atoms with van der Waals surface area (Å²) in [6.07, 6.45) is 1.78. The average Bonchev–Trinajstić information content (AvgIpc) is 3.04. The lowest BCUT2D eigenvalue weighted by atomic mass is 10.1. The van der Waals surface area contributed by atoms with E-state index >= 15 is 0 Å². The molecule has 5 nitrogen and oxygen atoms in total. The van der Waals surface area contributed by atoms with Crippen LogP contribution in [0.15, 0.2) is 54.7 Å². The minimum absolute atomic E-state index is 0.151. The predicted molar refractivity (Wildman–Crippen MR) is 96.0 cm³/mol. The van der Waals surface area contributed by atoms with Crippen LogP contribution in [0.2, 0.25) is 0 Å². The van der Waals surface area contributed by atoms with Crippen LogP contribution >= 0.6 is 0 Å². The molecular weight excluding hydrogens is 316 g/mol. The molecule has 1 aromatic heterocycles. The number of H-pyrrole nitrogens is 1. The number of para-hydroxylation sites is 3. The van der Waals surface area contributed by atoms with Crippen molar-refractivity contribution in [1.82, 2.24) is 10.3 Å². The molecule has 4 rings (SSSR count). The molecule has 0 spiro atoms. The highest BCUT2D eigenvalue weighted by molar-refractivity contribution is 5.84. The minimum Gasteiger partial charge on any atom is -0.482 e. The van der Waals surface area contributed by atoms with Crippen molar-refractivity contribution in [1.29, 1.82) is 0 Å². The first kappa shape index (κ1) is 15.6. The summed E-state index contributed by atoms with van der Waals surface area (Å²) in [5.74, 6) is 1.14. The van der Waals surface area contributed by atoms with Crippen LogP contribution in [0.5, 0.6) is 11.5 Å². The lowest BCUT2D eigenvalue weighted by molar-refractivity contribution is -0.133. The van der Waals surface area contributed by atoms with E-state index in [1.807, 2.05) is 55.6 Å². The Morgan fingerprint density at radius 2 is 1.80 bits per heavy atom. The van der Waals surface area contributed by atoms with Gasteiger partial charge in [0.05, 0.1) is 0 Å². The summed E-state index contributed by atoms with van der Waals surface area (Å²) < 4.78 is 11.6. The smallest absolute Gasteiger partial charge is 0.265 e. The molecule has 0 bridgehead atoms. The lowest BCUT2D eigenvalue weighted by Crippen LogP contribution is -2.49. The van der Waals surface area contributed by atoms with Crippen LogP contribution in [0.4, 0.5) is 0 Å². The molecule has 2 N–H and O–H groups in total. The number of benzene rings is 2. The Morgan fingerprint density at radius 1 is 1.08 bits per heavy atom. The Bertz CT molecular complexity index is 903. The number of hydrogen-bond donors (Lipinski definition) is 2. The summed E-state index contributed by atoms with van der Waals surface area (Å²) in [5, 5.41) is 4.15. The number of nitrogens with one attached hydrogen (secondary N) is 2.